The maximum absolute atomic E-state index is 12.9. The largest absolute Gasteiger partial charge is 1.00 e. The van der Waals surface area contributed by atoms with Crippen molar-refractivity contribution >= 4 is 91.9 Å². The number of sulfone groups is 1. The van der Waals surface area contributed by atoms with Crippen LogP contribution in [-0.4, -0.2) is 52.1 Å². The normalized spacial score (nSPS) is 15.5. The van der Waals surface area contributed by atoms with Crippen LogP contribution in [-0.2, 0) is 42.1 Å². The zero-order valence-electron chi connectivity index (χ0n) is 29.3. The van der Waals surface area contributed by atoms with Crippen LogP contribution in [0, 0.1) is 0 Å². The predicted molar refractivity (Wildman–Crippen MR) is 179 cm³/mol. The summed E-state index contributed by atoms with van der Waals surface area (Å²) in [5, 5.41) is 67.2. The third-order valence-corrected chi connectivity index (χ3v) is 11.2. The molecule has 280 valence electrons. The Labute approximate surface area is 392 Å². The molecule has 55 heavy (non-hydrogen) atoms. The summed E-state index contributed by atoms with van der Waals surface area (Å²) in [4.78, 5) is 13.3. The van der Waals surface area contributed by atoms with E-state index in [0.29, 0.717) is 65.0 Å². The van der Waals surface area contributed by atoms with Gasteiger partial charge >= 0.3 is 88.7 Å². The Bertz CT molecular complexity index is 1970. The van der Waals surface area contributed by atoms with Gasteiger partial charge in [-0.05, 0) is 55.3 Å². The van der Waals surface area contributed by atoms with E-state index in [1.165, 1.54) is 0 Å². The molecule has 21 nitrogen and oxygen atoms in total. The van der Waals surface area contributed by atoms with Gasteiger partial charge in [0.2, 0.25) is 17.8 Å². The number of azo groups is 1. The number of phenols is 1. The van der Waals surface area contributed by atoms with Gasteiger partial charge in [-0.25, -0.2) is 8.42 Å². The number of anilines is 5. The molecule has 2 atom stereocenters. The first-order valence-corrected chi connectivity index (χ1v) is 18.7. The molecule has 28 heteroatoms. The van der Waals surface area contributed by atoms with Crippen molar-refractivity contribution in [2.45, 2.75) is 46.8 Å². The first-order valence-electron chi connectivity index (χ1n) is 14.8. The van der Waals surface area contributed by atoms with Crippen LogP contribution < -0.4 is 121 Å². The fourth-order valence-corrected chi connectivity index (χ4v) is 8.17. The second kappa shape index (κ2) is 25.7. The van der Waals surface area contributed by atoms with E-state index in [-0.39, 0.29) is 159 Å². The number of para-hydroxylation sites is 1. The molecule has 5 rings (SSSR count). The first-order chi connectivity index (χ1) is 25.2. The minimum Gasteiger partial charge on any atom is -0.691 e. The Kier molecular flexibility index (Phi) is 23.6. The van der Waals surface area contributed by atoms with Gasteiger partial charge in [-0.1, -0.05) is 24.3 Å². The first kappa shape index (κ1) is 50.5. The predicted octanol–water partition coefficient (Wildman–Crippen LogP) is -6.11. The van der Waals surface area contributed by atoms with Gasteiger partial charge in [0.1, 0.15) is 5.69 Å². The fraction of sp³-hybridized carbons (Fsp3) is 0.296. The maximum Gasteiger partial charge on any atom is 1.00 e. The van der Waals surface area contributed by atoms with Gasteiger partial charge in [0.25, 0.3) is 0 Å². The average Bonchev–Trinajstić information content (AvgIpc) is 3.13. The monoisotopic (exact) mass is 868 g/mol. The SMILES string of the molecule is Nc1nc(Nc2ccccc2SOO[O-])nc(Nc2cccc3cc(SOO[O-])c(N=NC4CCCC(S(=O)(=O)CCOSOO[O-])C4)c(O)c23)n1.[Na+].[Na+].[Na+]. The van der Waals surface area contributed by atoms with Crippen molar-refractivity contribution in [3.05, 3.63) is 48.5 Å². The Morgan fingerprint density at radius 2 is 1.53 bits per heavy atom. The minimum absolute atomic E-state index is 0. The summed E-state index contributed by atoms with van der Waals surface area (Å²) in [6, 6.07) is 12.8. The van der Waals surface area contributed by atoms with Gasteiger partial charge in [-0.3, -0.25) is 19.3 Å². The van der Waals surface area contributed by atoms with Crippen molar-refractivity contribution in [1.82, 2.24) is 15.0 Å². The summed E-state index contributed by atoms with van der Waals surface area (Å²) in [6.07, 6.45) is 1.63. The molecular weight excluding hydrogens is 842 g/mol. The molecule has 1 fully saturated rings. The van der Waals surface area contributed by atoms with Gasteiger partial charge in [0.15, 0.2) is 27.9 Å². The summed E-state index contributed by atoms with van der Waals surface area (Å²) in [6.45, 7) is -0.237. The Balaban J connectivity index is 0.00000348. The Morgan fingerprint density at radius 3 is 2.24 bits per heavy atom. The fourth-order valence-electron chi connectivity index (χ4n) is 5.23. The van der Waals surface area contributed by atoms with E-state index in [2.05, 4.69) is 63.9 Å². The van der Waals surface area contributed by atoms with Gasteiger partial charge in [0, 0.05) is 5.39 Å². The number of hydrogen-bond donors (Lipinski definition) is 4. The second-order valence-electron chi connectivity index (χ2n) is 10.6. The molecule has 0 saturated heterocycles. The van der Waals surface area contributed by atoms with Crippen LogP contribution in [0.1, 0.15) is 25.7 Å². The maximum atomic E-state index is 12.9. The number of nitrogens with one attached hydrogen (secondary N) is 2. The third kappa shape index (κ3) is 14.8. The number of fused-ring (bicyclic) bond motifs is 1. The number of rotatable bonds is 19. The van der Waals surface area contributed by atoms with E-state index < -0.39 is 21.1 Å². The molecule has 0 radical (unpaired) electrons. The molecule has 1 heterocycles. The van der Waals surface area contributed by atoms with Crippen LogP contribution in [0.3, 0.4) is 0 Å². The van der Waals surface area contributed by atoms with Gasteiger partial charge in [-0.2, -0.15) is 33.8 Å². The molecule has 1 aliphatic carbocycles. The van der Waals surface area contributed by atoms with Crippen molar-refractivity contribution in [3.8, 4) is 5.75 Å². The molecule has 0 aliphatic heterocycles. The van der Waals surface area contributed by atoms with Gasteiger partial charge in [0.05, 0.1) is 68.9 Å². The van der Waals surface area contributed by atoms with Crippen molar-refractivity contribution < 1.29 is 150 Å². The van der Waals surface area contributed by atoms with Gasteiger partial charge < -0.3 is 37.2 Å². The molecule has 1 aromatic heterocycles. The molecule has 3 aromatic carbocycles. The number of nitrogens with two attached hydrogens (primary N) is 1. The zero-order chi connectivity index (χ0) is 36.9. The summed E-state index contributed by atoms with van der Waals surface area (Å²) in [7, 11) is -3.61. The van der Waals surface area contributed by atoms with E-state index in [4.69, 9.17) is 9.92 Å². The van der Waals surface area contributed by atoms with Crippen molar-refractivity contribution in [2.24, 2.45) is 10.2 Å². The molecule has 0 amide bonds. The van der Waals surface area contributed by atoms with Crippen LogP contribution in [0.2, 0.25) is 0 Å². The molecule has 5 N–H and O–H groups in total. The number of aromatic hydroxyl groups is 1. The van der Waals surface area contributed by atoms with Crippen molar-refractivity contribution in [1.29, 1.82) is 0 Å². The number of aromatic nitrogens is 3. The van der Waals surface area contributed by atoms with E-state index in [1.54, 1.807) is 48.5 Å². The number of nitrogen functional groups attached to an aromatic ring is 1. The molecular formula is C27H27N8Na3O13S4. The molecule has 1 aliphatic rings. The zero-order valence-corrected chi connectivity index (χ0v) is 38.6. The molecule has 0 bridgehead atoms. The summed E-state index contributed by atoms with van der Waals surface area (Å²) in [5.41, 5.74) is 6.66. The molecule has 4 aromatic rings. The Hall–Kier alpha value is -0.670. The van der Waals surface area contributed by atoms with Crippen molar-refractivity contribution in [3.63, 3.8) is 0 Å². The van der Waals surface area contributed by atoms with Crippen LogP contribution in [0.15, 0.2) is 68.6 Å². The molecule has 1 saturated carbocycles. The quantitative estimate of drug-likeness (QED) is 0.0170. The number of benzene rings is 3. The summed E-state index contributed by atoms with van der Waals surface area (Å²) in [5.74, 6) is -0.832. The van der Waals surface area contributed by atoms with E-state index in [9.17, 15) is 29.3 Å². The third-order valence-electron chi connectivity index (χ3n) is 7.40. The summed E-state index contributed by atoms with van der Waals surface area (Å²) < 4.78 is 43.6. The van der Waals surface area contributed by atoms with E-state index in [0.717, 1.165) is 0 Å². The van der Waals surface area contributed by atoms with Crippen LogP contribution in [0.25, 0.3) is 10.8 Å². The Morgan fingerprint density at radius 1 is 0.873 bits per heavy atom. The number of phenolic OH excluding ortho intramolecular Hbond substituents is 1. The summed E-state index contributed by atoms with van der Waals surface area (Å²) >= 11 is 1.38. The average molecular weight is 869 g/mol. The van der Waals surface area contributed by atoms with Crippen LogP contribution >= 0.6 is 36.4 Å². The molecule has 2 unspecified atom stereocenters. The van der Waals surface area contributed by atoms with Gasteiger partial charge in [-0.15, -0.1) is 4.33 Å². The minimum atomic E-state index is -3.61. The van der Waals surface area contributed by atoms with Crippen LogP contribution in [0.4, 0.5) is 34.9 Å². The van der Waals surface area contributed by atoms with Crippen LogP contribution in [0.5, 0.6) is 5.75 Å². The second-order valence-corrected chi connectivity index (χ2v) is 14.9. The topological polar surface area (TPSA) is 302 Å². The molecule has 0 spiro atoms. The smallest absolute Gasteiger partial charge is 0.691 e. The van der Waals surface area contributed by atoms with Crippen molar-refractivity contribution in [2.75, 3.05) is 28.7 Å². The number of nitrogens with zero attached hydrogens (tertiary/aromatic N) is 5. The van der Waals surface area contributed by atoms with E-state index in [1.807, 2.05) is 0 Å². The number of hydrogen-bond acceptors (Lipinski definition) is 24. The van der Waals surface area contributed by atoms with E-state index >= 15 is 0 Å². The standard InChI is InChI=1S/C27H30N8O13S4.3Na/c28-25-31-26(29-18-8-1-2-10-20(18)49-46-43-37)33-27(32-25)30-19-9-3-5-15-13-21(50-47-44-38)23(24(36)22(15)19)35-34-16-6-4-7-17(14-16)52(40,41)12-11-42-51-48-45-39;;;/h1-3,5,8-10,13,16-17,36-39H,4,6-7,11-12,14H2,(H4,28,29,30,31,32,33);;;/q;3*+1/p-3.